The van der Waals surface area contributed by atoms with Gasteiger partial charge in [-0.2, -0.15) is 13.2 Å². The molecule has 1 amide bonds. The van der Waals surface area contributed by atoms with Crippen molar-refractivity contribution in [1.29, 1.82) is 0 Å². The molecule has 1 aromatic carbocycles. The van der Waals surface area contributed by atoms with Crippen LogP contribution in [0.2, 0.25) is 0 Å². The lowest BCUT2D eigenvalue weighted by molar-refractivity contribution is -0.139. The SMILES string of the molecule is CC1(c2ccccc2C(F)(F)F)CNC(=O)OC1. The van der Waals surface area contributed by atoms with Crippen LogP contribution in [0.15, 0.2) is 24.3 Å². The average Bonchev–Trinajstić information content (AvgIpc) is 2.32. The van der Waals surface area contributed by atoms with Gasteiger partial charge in [0.15, 0.2) is 0 Å². The van der Waals surface area contributed by atoms with Crippen LogP contribution in [0.5, 0.6) is 0 Å². The number of alkyl carbamates (subject to hydrolysis) is 1. The molecule has 1 aliphatic heterocycles. The number of rotatable bonds is 1. The van der Waals surface area contributed by atoms with Gasteiger partial charge in [-0.25, -0.2) is 4.79 Å². The molecule has 1 atom stereocenters. The minimum absolute atomic E-state index is 0.0636. The maximum absolute atomic E-state index is 12.9. The molecule has 3 nitrogen and oxygen atoms in total. The van der Waals surface area contributed by atoms with Crippen LogP contribution in [0.3, 0.4) is 0 Å². The van der Waals surface area contributed by atoms with Crippen molar-refractivity contribution in [2.45, 2.75) is 18.5 Å². The summed E-state index contributed by atoms with van der Waals surface area (Å²) in [5.74, 6) is 0. The molecule has 1 aromatic rings. The normalized spacial score (nSPS) is 24.3. The number of amides is 1. The predicted octanol–water partition coefficient (Wildman–Crippen LogP) is 2.70. The van der Waals surface area contributed by atoms with Crippen molar-refractivity contribution in [2.75, 3.05) is 13.2 Å². The Hall–Kier alpha value is -1.72. The Bertz CT molecular complexity index is 461. The fourth-order valence-electron chi connectivity index (χ4n) is 2.02. The van der Waals surface area contributed by atoms with E-state index in [-0.39, 0.29) is 18.7 Å². The zero-order chi connectivity index (χ0) is 13.4. The number of hydrogen-bond acceptors (Lipinski definition) is 2. The van der Waals surface area contributed by atoms with E-state index >= 15 is 0 Å². The van der Waals surface area contributed by atoms with Gasteiger partial charge in [-0.3, -0.25) is 0 Å². The Balaban J connectivity index is 2.42. The molecule has 1 heterocycles. The quantitative estimate of drug-likeness (QED) is 0.842. The number of nitrogens with one attached hydrogen (secondary N) is 1. The van der Waals surface area contributed by atoms with Crippen molar-refractivity contribution in [1.82, 2.24) is 5.32 Å². The Morgan fingerprint density at radius 2 is 2.00 bits per heavy atom. The summed E-state index contributed by atoms with van der Waals surface area (Å²) >= 11 is 0. The molecule has 18 heavy (non-hydrogen) atoms. The lowest BCUT2D eigenvalue weighted by atomic mass is 9.79. The largest absolute Gasteiger partial charge is 0.449 e. The highest BCUT2D eigenvalue weighted by molar-refractivity contribution is 5.68. The molecular formula is C12H12F3NO2. The van der Waals surface area contributed by atoms with E-state index < -0.39 is 23.2 Å². The third-order valence-corrected chi connectivity index (χ3v) is 3.03. The van der Waals surface area contributed by atoms with Crippen LogP contribution < -0.4 is 5.32 Å². The smallest absolute Gasteiger partial charge is 0.416 e. The minimum Gasteiger partial charge on any atom is -0.449 e. The van der Waals surface area contributed by atoms with E-state index in [1.54, 1.807) is 13.0 Å². The van der Waals surface area contributed by atoms with Crippen LogP contribution in [0.25, 0.3) is 0 Å². The molecule has 0 spiro atoms. The molecule has 1 aliphatic rings. The molecule has 0 aromatic heterocycles. The van der Waals surface area contributed by atoms with E-state index in [2.05, 4.69) is 5.32 Å². The molecule has 98 valence electrons. The maximum atomic E-state index is 12.9. The molecule has 0 bridgehead atoms. The van der Waals surface area contributed by atoms with Crippen LogP contribution in [-0.4, -0.2) is 19.2 Å². The van der Waals surface area contributed by atoms with Crippen molar-refractivity contribution >= 4 is 6.09 Å². The standard InChI is InChI=1S/C12H12F3NO2/c1-11(6-16-10(17)18-7-11)8-4-2-3-5-9(8)12(13,14)15/h2-5H,6-7H2,1H3,(H,16,17). The van der Waals surface area contributed by atoms with Gasteiger partial charge in [-0.05, 0) is 11.6 Å². The molecule has 1 N–H and O–H groups in total. The van der Waals surface area contributed by atoms with E-state index in [0.717, 1.165) is 6.07 Å². The summed E-state index contributed by atoms with van der Waals surface area (Å²) in [4.78, 5) is 10.9. The molecule has 2 rings (SSSR count). The number of benzene rings is 1. The van der Waals surface area contributed by atoms with Gasteiger partial charge in [0.2, 0.25) is 0 Å². The van der Waals surface area contributed by atoms with Gasteiger partial charge in [0, 0.05) is 12.0 Å². The van der Waals surface area contributed by atoms with E-state index in [1.807, 2.05) is 0 Å². The van der Waals surface area contributed by atoms with E-state index in [1.165, 1.54) is 12.1 Å². The summed E-state index contributed by atoms with van der Waals surface area (Å²) in [6, 6.07) is 5.35. The highest BCUT2D eigenvalue weighted by Crippen LogP contribution is 2.38. The average molecular weight is 259 g/mol. The van der Waals surface area contributed by atoms with E-state index in [0.29, 0.717) is 0 Å². The summed E-state index contributed by atoms with van der Waals surface area (Å²) in [7, 11) is 0. The van der Waals surface area contributed by atoms with Gasteiger partial charge in [-0.15, -0.1) is 0 Å². The second-order valence-electron chi connectivity index (χ2n) is 4.53. The van der Waals surface area contributed by atoms with Crippen molar-refractivity contribution in [3.8, 4) is 0 Å². The summed E-state index contributed by atoms with van der Waals surface area (Å²) in [5, 5.41) is 2.42. The predicted molar refractivity (Wildman–Crippen MR) is 58.1 cm³/mol. The zero-order valence-corrected chi connectivity index (χ0v) is 9.67. The monoisotopic (exact) mass is 259 g/mol. The lowest BCUT2D eigenvalue weighted by Crippen LogP contribution is -2.49. The Labute approximate surface area is 102 Å². The number of carbonyl (C=O) groups excluding carboxylic acids is 1. The van der Waals surface area contributed by atoms with Crippen molar-refractivity contribution in [2.24, 2.45) is 0 Å². The maximum Gasteiger partial charge on any atom is 0.416 e. The summed E-state index contributed by atoms with van der Waals surface area (Å²) in [5.41, 5.74) is -1.43. The summed E-state index contributed by atoms with van der Waals surface area (Å²) in [6.45, 7) is 1.70. The van der Waals surface area contributed by atoms with Gasteiger partial charge in [-0.1, -0.05) is 25.1 Å². The molecule has 1 unspecified atom stereocenters. The first-order chi connectivity index (χ1) is 8.33. The van der Waals surface area contributed by atoms with Crippen LogP contribution in [0.4, 0.5) is 18.0 Å². The van der Waals surface area contributed by atoms with Crippen molar-refractivity contribution in [3.05, 3.63) is 35.4 Å². The number of carbonyl (C=O) groups is 1. The topological polar surface area (TPSA) is 38.3 Å². The molecule has 1 fully saturated rings. The molecule has 6 heteroatoms. The fraction of sp³-hybridized carbons (Fsp3) is 0.417. The summed E-state index contributed by atoms with van der Waals surface area (Å²) < 4.78 is 43.6. The Kier molecular flexibility index (Phi) is 2.96. The first-order valence-corrected chi connectivity index (χ1v) is 5.40. The van der Waals surface area contributed by atoms with Crippen LogP contribution in [-0.2, 0) is 16.3 Å². The number of cyclic esters (lactones) is 1. The highest BCUT2D eigenvalue weighted by Gasteiger charge is 2.41. The van der Waals surface area contributed by atoms with Gasteiger partial charge in [0.1, 0.15) is 6.61 Å². The Morgan fingerprint density at radius 1 is 1.33 bits per heavy atom. The fourth-order valence-corrected chi connectivity index (χ4v) is 2.02. The molecular weight excluding hydrogens is 247 g/mol. The van der Waals surface area contributed by atoms with E-state index in [9.17, 15) is 18.0 Å². The second kappa shape index (κ2) is 4.19. The third kappa shape index (κ3) is 2.27. The number of alkyl halides is 3. The lowest BCUT2D eigenvalue weighted by Gasteiger charge is -2.35. The van der Waals surface area contributed by atoms with Crippen molar-refractivity contribution < 1.29 is 22.7 Å². The van der Waals surface area contributed by atoms with Crippen LogP contribution in [0.1, 0.15) is 18.1 Å². The number of hydrogen-bond donors (Lipinski definition) is 1. The first kappa shape index (κ1) is 12.7. The number of ether oxygens (including phenoxy) is 1. The molecule has 0 saturated carbocycles. The third-order valence-electron chi connectivity index (χ3n) is 3.03. The highest BCUT2D eigenvalue weighted by atomic mass is 19.4. The van der Waals surface area contributed by atoms with Gasteiger partial charge in [0.25, 0.3) is 0 Å². The van der Waals surface area contributed by atoms with Crippen LogP contribution >= 0.6 is 0 Å². The molecule has 1 saturated heterocycles. The minimum atomic E-state index is -4.42. The first-order valence-electron chi connectivity index (χ1n) is 5.40. The number of halogens is 3. The summed E-state index contributed by atoms with van der Waals surface area (Å²) in [6.07, 6.45) is -5.02. The Morgan fingerprint density at radius 3 is 2.56 bits per heavy atom. The van der Waals surface area contributed by atoms with Crippen LogP contribution in [0, 0.1) is 0 Å². The van der Waals surface area contributed by atoms with Crippen molar-refractivity contribution in [3.63, 3.8) is 0 Å². The molecule has 0 radical (unpaired) electrons. The van der Waals surface area contributed by atoms with Gasteiger partial charge >= 0.3 is 12.3 Å². The second-order valence-corrected chi connectivity index (χ2v) is 4.53. The van der Waals surface area contributed by atoms with Gasteiger partial charge < -0.3 is 10.1 Å². The van der Waals surface area contributed by atoms with Gasteiger partial charge in [0.05, 0.1) is 5.56 Å². The zero-order valence-electron chi connectivity index (χ0n) is 9.67. The molecule has 0 aliphatic carbocycles. The van der Waals surface area contributed by atoms with E-state index in [4.69, 9.17) is 4.74 Å².